The summed E-state index contributed by atoms with van der Waals surface area (Å²) in [5.41, 5.74) is 2.19. The van der Waals surface area contributed by atoms with Crippen molar-refractivity contribution in [2.75, 3.05) is 38.1 Å². The molecule has 6 heteroatoms. The molecule has 1 aromatic heterocycles. The first-order valence-corrected chi connectivity index (χ1v) is 9.65. The van der Waals surface area contributed by atoms with Crippen LogP contribution in [-0.2, 0) is 4.79 Å². The quantitative estimate of drug-likeness (QED) is 0.834. The van der Waals surface area contributed by atoms with Crippen molar-refractivity contribution in [3.05, 3.63) is 36.5 Å². The lowest BCUT2D eigenvalue weighted by Crippen LogP contribution is -2.42. The molecule has 0 N–H and O–H groups in total. The SMILES string of the molecule is CN(c1cccc2ncccc12)[C@@H]1CCN(CC(=O)N2CCC[C@H]2C#N)C1. The number of fused-ring (bicyclic) bond motifs is 1. The van der Waals surface area contributed by atoms with Gasteiger partial charge in [-0.15, -0.1) is 0 Å². The molecule has 2 saturated heterocycles. The summed E-state index contributed by atoms with van der Waals surface area (Å²) in [5.74, 6) is 0.0942. The predicted octanol–water partition coefficient (Wildman–Crippen LogP) is 2.26. The van der Waals surface area contributed by atoms with Gasteiger partial charge in [-0.2, -0.15) is 5.26 Å². The van der Waals surface area contributed by atoms with Crippen LogP contribution in [0.15, 0.2) is 36.5 Å². The van der Waals surface area contributed by atoms with Crippen LogP contribution in [0.5, 0.6) is 0 Å². The maximum atomic E-state index is 12.6. The van der Waals surface area contributed by atoms with E-state index in [-0.39, 0.29) is 11.9 Å². The molecule has 2 aliphatic heterocycles. The summed E-state index contributed by atoms with van der Waals surface area (Å²) in [6.45, 7) is 2.91. The lowest BCUT2D eigenvalue weighted by molar-refractivity contribution is -0.132. The minimum Gasteiger partial charge on any atom is -0.370 e. The Morgan fingerprint density at radius 3 is 3.04 bits per heavy atom. The number of nitrogens with zero attached hydrogens (tertiary/aromatic N) is 5. The molecule has 1 amide bonds. The van der Waals surface area contributed by atoms with Crippen molar-refractivity contribution in [2.24, 2.45) is 0 Å². The molecule has 27 heavy (non-hydrogen) atoms. The third-order valence-electron chi connectivity index (χ3n) is 5.88. The normalized spacial score (nSPS) is 22.9. The molecular formula is C21H25N5O. The van der Waals surface area contributed by atoms with Crippen LogP contribution in [0.1, 0.15) is 19.3 Å². The molecule has 2 aliphatic rings. The molecule has 2 aromatic rings. The standard InChI is InChI=1S/C21H25N5O/c1-24(20-8-2-7-19-18(20)6-3-10-23-19)17-9-12-25(14-17)15-21(27)26-11-4-5-16(26)13-22/h2-3,6-8,10,16-17H,4-5,9,11-12,14-15H2,1H3/t16-,17+/m0/s1. The van der Waals surface area contributed by atoms with Gasteiger partial charge in [-0.3, -0.25) is 14.7 Å². The van der Waals surface area contributed by atoms with Gasteiger partial charge in [-0.05, 0) is 43.5 Å². The van der Waals surface area contributed by atoms with Crippen LogP contribution in [0.25, 0.3) is 10.9 Å². The topological polar surface area (TPSA) is 63.5 Å². The van der Waals surface area contributed by atoms with Crippen molar-refractivity contribution in [1.29, 1.82) is 5.26 Å². The smallest absolute Gasteiger partial charge is 0.237 e. The fourth-order valence-electron chi connectivity index (χ4n) is 4.34. The number of nitriles is 1. The molecule has 3 heterocycles. The number of pyridine rings is 1. The summed E-state index contributed by atoms with van der Waals surface area (Å²) in [6.07, 6.45) is 4.59. The molecule has 2 fully saturated rings. The van der Waals surface area contributed by atoms with Crippen LogP contribution in [0.3, 0.4) is 0 Å². The van der Waals surface area contributed by atoms with E-state index in [0.717, 1.165) is 49.8 Å². The number of hydrogen-bond acceptors (Lipinski definition) is 5. The third-order valence-corrected chi connectivity index (χ3v) is 5.88. The number of likely N-dealkylation sites (N-methyl/N-ethyl adjacent to an activating group) is 1. The van der Waals surface area contributed by atoms with E-state index >= 15 is 0 Å². The number of anilines is 1. The van der Waals surface area contributed by atoms with Crippen LogP contribution in [0.2, 0.25) is 0 Å². The summed E-state index contributed by atoms with van der Waals surface area (Å²) in [4.78, 5) is 23.4. The minimum atomic E-state index is -0.234. The number of likely N-dealkylation sites (tertiary alicyclic amines) is 2. The average Bonchev–Trinajstić information content (AvgIpc) is 3.36. The van der Waals surface area contributed by atoms with Crippen molar-refractivity contribution >= 4 is 22.5 Å². The lowest BCUT2D eigenvalue weighted by atomic mass is 10.1. The van der Waals surface area contributed by atoms with Crippen LogP contribution in [0, 0.1) is 11.3 Å². The second kappa shape index (κ2) is 7.53. The van der Waals surface area contributed by atoms with E-state index in [1.807, 2.05) is 24.4 Å². The Kier molecular flexibility index (Phi) is 4.95. The van der Waals surface area contributed by atoms with Crippen LogP contribution >= 0.6 is 0 Å². The highest BCUT2D eigenvalue weighted by Gasteiger charge is 2.32. The maximum absolute atomic E-state index is 12.6. The molecule has 1 aromatic carbocycles. The fourth-order valence-corrected chi connectivity index (χ4v) is 4.34. The molecule has 0 spiro atoms. The van der Waals surface area contributed by atoms with E-state index in [2.05, 4.69) is 40.0 Å². The van der Waals surface area contributed by atoms with E-state index in [0.29, 0.717) is 12.6 Å². The van der Waals surface area contributed by atoms with Crippen molar-refractivity contribution in [3.8, 4) is 6.07 Å². The molecule has 140 valence electrons. The van der Waals surface area contributed by atoms with Gasteiger partial charge in [0.2, 0.25) is 5.91 Å². The Balaban J connectivity index is 1.42. The number of carbonyl (C=O) groups is 1. The highest BCUT2D eigenvalue weighted by atomic mass is 16.2. The Morgan fingerprint density at radius 1 is 1.30 bits per heavy atom. The lowest BCUT2D eigenvalue weighted by Gasteiger charge is -2.28. The molecule has 2 atom stereocenters. The van der Waals surface area contributed by atoms with Crippen LogP contribution in [0.4, 0.5) is 5.69 Å². The van der Waals surface area contributed by atoms with E-state index in [1.54, 1.807) is 4.90 Å². The van der Waals surface area contributed by atoms with Crippen LogP contribution < -0.4 is 4.90 Å². The Hall–Kier alpha value is -2.65. The number of rotatable bonds is 4. The Morgan fingerprint density at radius 2 is 2.19 bits per heavy atom. The molecule has 6 nitrogen and oxygen atoms in total. The van der Waals surface area contributed by atoms with Crippen molar-refractivity contribution in [2.45, 2.75) is 31.3 Å². The van der Waals surface area contributed by atoms with Gasteiger partial charge in [0, 0.05) is 50.0 Å². The molecule has 0 radical (unpaired) electrons. The summed E-state index contributed by atoms with van der Waals surface area (Å²) in [7, 11) is 2.13. The van der Waals surface area contributed by atoms with Gasteiger partial charge in [0.1, 0.15) is 6.04 Å². The molecule has 0 saturated carbocycles. The first-order valence-electron chi connectivity index (χ1n) is 9.65. The third kappa shape index (κ3) is 3.47. The highest BCUT2D eigenvalue weighted by molar-refractivity contribution is 5.91. The highest BCUT2D eigenvalue weighted by Crippen LogP contribution is 2.28. The minimum absolute atomic E-state index is 0.0942. The van der Waals surface area contributed by atoms with Gasteiger partial charge in [0.15, 0.2) is 0 Å². The van der Waals surface area contributed by atoms with E-state index in [9.17, 15) is 10.1 Å². The van der Waals surface area contributed by atoms with Gasteiger partial charge in [-0.25, -0.2) is 0 Å². The fraction of sp³-hybridized carbons (Fsp3) is 0.476. The zero-order valence-electron chi connectivity index (χ0n) is 15.7. The maximum Gasteiger partial charge on any atom is 0.237 e. The number of aromatic nitrogens is 1. The second-order valence-electron chi connectivity index (χ2n) is 7.51. The average molecular weight is 363 g/mol. The summed E-state index contributed by atoms with van der Waals surface area (Å²) >= 11 is 0. The number of hydrogen-bond donors (Lipinski definition) is 0. The Labute approximate surface area is 160 Å². The number of carbonyl (C=O) groups excluding carboxylic acids is 1. The zero-order valence-corrected chi connectivity index (χ0v) is 15.7. The number of amides is 1. The van der Waals surface area contributed by atoms with E-state index < -0.39 is 0 Å². The monoisotopic (exact) mass is 363 g/mol. The summed E-state index contributed by atoms with van der Waals surface area (Å²) in [6, 6.07) is 12.7. The summed E-state index contributed by atoms with van der Waals surface area (Å²) in [5, 5.41) is 10.4. The van der Waals surface area contributed by atoms with Crippen molar-refractivity contribution < 1.29 is 4.79 Å². The first kappa shape index (κ1) is 17.7. The molecular weight excluding hydrogens is 338 g/mol. The van der Waals surface area contributed by atoms with Gasteiger partial charge in [0.05, 0.1) is 18.1 Å². The second-order valence-corrected chi connectivity index (χ2v) is 7.51. The molecule has 0 unspecified atom stereocenters. The molecule has 0 aliphatic carbocycles. The van der Waals surface area contributed by atoms with E-state index in [1.165, 1.54) is 5.69 Å². The molecule has 4 rings (SSSR count). The molecule has 0 bridgehead atoms. The van der Waals surface area contributed by atoms with Crippen molar-refractivity contribution in [1.82, 2.24) is 14.8 Å². The van der Waals surface area contributed by atoms with Gasteiger partial charge in [-0.1, -0.05) is 6.07 Å². The van der Waals surface area contributed by atoms with Crippen LogP contribution in [-0.4, -0.2) is 66.0 Å². The van der Waals surface area contributed by atoms with Gasteiger partial charge >= 0.3 is 0 Å². The first-order chi connectivity index (χ1) is 13.2. The van der Waals surface area contributed by atoms with Gasteiger partial charge < -0.3 is 9.80 Å². The van der Waals surface area contributed by atoms with E-state index in [4.69, 9.17) is 0 Å². The predicted molar refractivity (Wildman–Crippen MR) is 105 cm³/mol. The summed E-state index contributed by atoms with van der Waals surface area (Å²) < 4.78 is 0. The zero-order chi connectivity index (χ0) is 18.8. The van der Waals surface area contributed by atoms with Crippen molar-refractivity contribution in [3.63, 3.8) is 0 Å². The number of benzene rings is 1. The van der Waals surface area contributed by atoms with Gasteiger partial charge in [0.25, 0.3) is 0 Å². The Bertz CT molecular complexity index is 871. The largest absolute Gasteiger partial charge is 0.370 e.